The van der Waals surface area contributed by atoms with Gasteiger partial charge in [-0.1, -0.05) is 20.8 Å². The average molecular weight is 249 g/mol. The molecule has 2 rings (SSSR count). The maximum atomic E-state index is 4.43. The van der Waals surface area contributed by atoms with Gasteiger partial charge in [-0.3, -0.25) is 0 Å². The van der Waals surface area contributed by atoms with Crippen molar-refractivity contribution in [2.45, 2.75) is 27.2 Å². The van der Waals surface area contributed by atoms with Crippen LogP contribution in [0.2, 0.25) is 0 Å². The molecule has 2 aromatic heterocycles. The molecule has 0 amide bonds. The summed E-state index contributed by atoms with van der Waals surface area (Å²) in [6.45, 7) is 7.64. The summed E-state index contributed by atoms with van der Waals surface area (Å²) < 4.78 is 0. The van der Waals surface area contributed by atoms with Crippen molar-refractivity contribution in [2.75, 3.05) is 18.5 Å². The standard InChI is InChI=1S/C13H19N3S/c1-5-10-6-11-12(16(4)7-9(2)3)14-8-15-13(11)17-10/h6,8-9H,5,7H2,1-4H3. The quantitative estimate of drug-likeness (QED) is 0.832. The molecular formula is C13H19N3S. The molecule has 0 fully saturated rings. The second kappa shape index (κ2) is 5.00. The Morgan fingerprint density at radius 1 is 1.35 bits per heavy atom. The zero-order chi connectivity index (χ0) is 12.4. The first-order chi connectivity index (χ1) is 8.11. The van der Waals surface area contributed by atoms with E-state index in [1.165, 1.54) is 10.3 Å². The highest BCUT2D eigenvalue weighted by Gasteiger charge is 2.12. The molecule has 0 saturated heterocycles. The summed E-state index contributed by atoms with van der Waals surface area (Å²) in [4.78, 5) is 13.5. The first-order valence-electron chi connectivity index (χ1n) is 6.06. The smallest absolute Gasteiger partial charge is 0.140 e. The number of hydrogen-bond acceptors (Lipinski definition) is 4. The van der Waals surface area contributed by atoms with Crippen LogP contribution in [0, 0.1) is 5.92 Å². The molecule has 0 unspecified atom stereocenters. The molecule has 2 aromatic rings. The van der Waals surface area contributed by atoms with E-state index in [9.17, 15) is 0 Å². The van der Waals surface area contributed by atoms with Gasteiger partial charge in [0.15, 0.2) is 0 Å². The number of aromatic nitrogens is 2. The van der Waals surface area contributed by atoms with Gasteiger partial charge in [0.1, 0.15) is 17.0 Å². The molecule has 0 saturated carbocycles. The number of hydrogen-bond donors (Lipinski definition) is 0. The van der Waals surface area contributed by atoms with Crippen molar-refractivity contribution in [1.82, 2.24) is 9.97 Å². The Bertz CT molecular complexity index is 504. The van der Waals surface area contributed by atoms with E-state index in [1.54, 1.807) is 17.7 Å². The molecule has 0 spiro atoms. The fourth-order valence-electron chi connectivity index (χ4n) is 2.01. The van der Waals surface area contributed by atoms with Crippen LogP contribution in [0.4, 0.5) is 5.82 Å². The molecule has 0 N–H and O–H groups in total. The Morgan fingerprint density at radius 2 is 2.12 bits per heavy atom. The Morgan fingerprint density at radius 3 is 2.76 bits per heavy atom. The van der Waals surface area contributed by atoms with Gasteiger partial charge in [-0.15, -0.1) is 11.3 Å². The van der Waals surface area contributed by atoms with Gasteiger partial charge in [-0.05, 0) is 18.4 Å². The monoisotopic (exact) mass is 249 g/mol. The molecule has 17 heavy (non-hydrogen) atoms. The molecule has 0 aliphatic rings. The van der Waals surface area contributed by atoms with Crippen LogP contribution in [0.1, 0.15) is 25.6 Å². The molecule has 0 aliphatic carbocycles. The lowest BCUT2D eigenvalue weighted by Gasteiger charge is -2.20. The SMILES string of the molecule is CCc1cc2c(N(C)CC(C)C)ncnc2s1. The van der Waals surface area contributed by atoms with Gasteiger partial charge in [0.25, 0.3) is 0 Å². The Hall–Kier alpha value is -1.16. The van der Waals surface area contributed by atoms with E-state index in [0.29, 0.717) is 5.92 Å². The van der Waals surface area contributed by atoms with Gasteiger partial charge in [-0.25, -0.2) is 9.97 Å². The van der Waals surface area contributed by atoms with Crippen molar-refractivity contribution >= 4 is 27.4 Å². The van der Waals surface area contributed by atoms with Crippen LogP contribution in [0.15, 0.2) is 12.4 Å². The minimum Gasteiger partial charge on any atom is -0.359 e. The molecule has 4 heteroatoms. The molecule has 2 heterocycles. The topological polar surface area (TPSA) is 29.0 Å². The van der Waals surface area contributed by atoms with Crippen molar-refractivity contribution in [3.8, 4) is 0 Å². The number of thiophene rings is 1. The number of nitrogens with zero attached hydrogens (tertiary/aromatic N) is 3. The molecule has 0 aliphatic heterocycles. The van der Waals surface area contributed by atoms with Crippen LogP contribution in [-0.4, -0.2) is 23.6 Å². The maximum Gasteiger partial charge on any atom is 0.140 e. The third-order valence-electron chi connectivity index (χ3n) is 2.71. The van der Waals surface area contributed by atoms with E-state index in [2.05, 4.69) is 48.8 Å². The summed E-state index contributed by atoms with van der Waals surface area (Å²) in [5, 5.41) is 1.19. The predicted molar refractivity (Wildman–Crippen MR) is 74.9 cm³/mol. The highest BCUT2D eigenvalue weighted by atomic mass is 32.1. The third-order valence-corrected chi connectivity index (χ3v) is 3.90. The largest absolute Gasteiger partial charge is 0.359 e. The van der Waals surface area contributed by atoms with E-state index in [-0.39, 0.29) is 0 Å². The van der Waals surface area contributed by atoms with Crippen LogP contribution >= 0.6 is 11.3 Å². The van der Waals surface area contributed by atoms with E-state index in [4.69, 9.17) is 0 Å². The van der Waals surface area contributed by atoms with Gasteiger partial charge in [0.2, 0.25) is 0 Å². The lowest BCUT2D eigenvalue weighted by molar-refractivity contribution is 0.635. The van der Waals surface area contributed by atoms with E-state index in [1.807, 2.05) is 0 Å². The number of rotatable bonds is 4. The number of aryl methyl sites for hydroxylation is 1. The number of fused-ring (bicyclic) bond motifs is 1. The van der Waals surface area contributed by atoms with E-state index >= 15 is 0 Å². The molecule has 0 atom stereocenters. The lowest BCUT2D eigenvalue weighted by atomic mass is 10.2. The van der Waals surface area contributed by atoms with Gasteiger partial charge in [-0.2, -0.15) is 0 Å². The lowest BCUT2D eigenvalue weighted by Crippen LogP contribution is -2.23. The van der Waals surface area contributed by atoms with Crippen LogP contribution in [0.5, 0.6) is 0 Å². The van der Waals surface area contributed by atoms with Crippen LogP contribution in [-0.2, 0) is 6.42 Å². The van der Waals surface area contributed by atoms with Crippen LogP contribution in [0.3, 0.4) is 0 Å². The van der Waals surface area contributed by atoms with Crippen molar-refractivity contribution in [3.63, 3.8) is 0 Å². The highest BCUT2D eigenvalue weighted by molar-refractivity contribution is 7.18. The summed E-state index contributed by atoms with van der Waals surface area (Å²) in [6, 6.07) is 2.23. The van der Waals surface area contributed by atoms with Gasteiger partial charge < -0.3 is 4.90 Å². The average Bonchev–Trinajstić information content (AvgIpc) is 2.70. The zero-order valence-corrected chi connectivity index (χ0v) is 11.7. The van der Waals surface area contributed by atoms with E-state index in [0.717, 1.165) is 23.6 Å². The van der Waals surface area contributed by atoms with Crippen LogP contribution < -0.4 is 4.90 Å². The molecular weight excluding hydrogens is 230 g/mol. The first-order valence-corrected chi connectivity index (χ1v) is 6.88. The van der Waals surface area contributed by atoms with Gasteiger partial charge in [0, 0.05) is 18.5 Å². The molecule has 0 bridgehead atoms. The van der Waals surface area contributed by atoms with Gasteiger partial charge >= 0.3 is 0 Å². The summed E-state index contributed by atoms with van der Waals surface area (Å²) in [6.07, 6.45) is 2.73. The molecule has 3 nitrogen and oxygen atoms in total. The normalized spacial score (nSPS) is 11.4. The van der Waals surface area contributed by atoms with Gasteiger partial charge in [0.05, 0.1) is 5.39 Å². The zero-order valence-electron chi connectivity index (χ0n) is 10.9. The van der Waals surface area contributed by atoms with Crippen molar-refractivity contribution in [3.05, 3.63) is 17.3 Å². The molecule has 92 valence electrons. The molecule has 0 radical (unpaired) electrons. The summed E-state index contributed by atoms with van der Waals surface area (Å²) in [5.74, 6) is 1.69. The first kappa shape index (κ1) is 12.3. The Balaban J connectivity index is 2.42. The Labute approximate surface area is 107 Å². The highest BCUT2D eigenvalue weighted by Crippen LogP contribution is 2.30. The second-order valence-electron chi connectivity index (χ2n) is 4.76. The Kier molecular flexibility index (Phi) is 3.62. The summed E-state index contributed by atoms with van der Waals surface area (Å²) >= 11 is 1.77. The fourth-order valence-corrected chi connectivity index (χ4v) is 2.94. The van der Waals surface area contributed by atoms with Crippen molar-refractivity contribution in [1.29, 1.82) is 0 Å². The van der Waals surface area contributed by atoms with Crippen molar-refractivity contribution < 1.29 is 0 Å². The summed E-state index contributed by atoms with van der Waals surface area (Å²) in [7, 11) is 2.10. The van der Waals surface area contributed by atoms with Crippen LogP contribution in [0.25, 0.3) is 10.2 Å². The van der Waals surface area contributed by atoms with E-state index < -0.39 is 0 Å². The fraction of sp³-hybridized carbons (Fsp3) is 0.538. The summed E-state index contributed by atoms with van der Waals surface area (Å²) in [5.41, 5.74) is 0. The minimum absolute atomic E-state index is 0.634. The molecule has 0 aromatic carbocycles. The number of anilines is 1. The predicted octanol–water partition coefficient (Wildman–Crippen LogP) is 3.35. The third kappa shape index (κ3) is 2.57. The maximum absolute atomic E-state index is 4.43. The minimum atomic E-state index is 0.634. The van der Waals surface area contributed by atoms with Crippen molar-refractivity contribution in [2.24, 2.45) is 5.92 Å². The second-order valence-corrected chi connectivity index (χ2v) is 5.87.